The smallest absolute Gasteiger partial charge is 0.124 e. The van der Waals surface area contributed by atoms with Crippen LogP contribution in [0.1, 0.15) is 12.8 Å². The highest BCUT2D eigenvalue weighted by atomic mass is 16.3. The van der Waals surface area contributed by atoms with Crippen molar-refractivity contribution in [3.8, 4) is 0 Å². The first-order valence-electron chi connectivity index (χ1n) is 2.28. The van der Waals surface area contributed by atoms with Crippen LogP contribution in [0.5, 0.6) is 0 Å². The molecule has 0 amide bonds. The van der Waals surface area contributed by atoms with Gasteiger partial charge in [-0.25, -0.2) is 0 Å². The Morgan fingerprint density at radius 3 is 2.57 bits per heavy atom. The Hall–Kier alpha value is -0.500. The molecule has 0 saturated carbocycles. The molecule has 7 heavy (non-hydrogen) atoms. The predicted octanol–water partition coefficient (Wildman–Crippen LogP) is 0.386. The van der Waals surface area contributed by atoms with Crippen LogP contribution in [0.2, 0.25) is 0 Å². The molecule has 1 unspecified atom stereocenters. The molecule has 1 atom stereocenters. The quantitative estimate of drug-likeness (QED) is 0.461. The topological polar surface area (TPSA) is 40.5 Å². The van der Waals surface area contributed by atoms with Gasteiger partial charge in [0.1, 0.15) is 11.9 Å². The van der Waals surface area contributed by atoms with E-state index in [0.29, 0.717) is 12.8 Å². The van der Waals surface area contributed by atoms with Gasteiger partial charge in [-0.2, -0.15) is 0 Å². The Bertz CT molecular complexity index is 96.3. The third-order valence-electron chi connectivity index (χ3n) is 1.04. The van der Waals surface area contributed by atoms with Gasteiger partial charge in [-0.3, -0.25) is 0 Å². The lowest BCUT2D eigenvalue weighted by Crippen LogP contribution is -2.02. The molecule has 2 nitrogen and oxygen atoms in total. The predicted molar refractivity (Wildman–Crippen MR) is 24.6 cm³/mol. The van der Waals surface area contributed by atoms with Crippen molar-refractivity contribution in [1.29, 1.82) is 0 Å². The molecule has 0 aromatic carbocycles. The molecule has 0 aromatic heterocycles. The summed E-state index contributed by atoms with van der Waals surface area (Å²) in [6.45, 7) is 0. The Morgan fingerprint density at radius 2 is 2.43 bits per heavy atom. The van der Waals surface area contributed by atoms with Gasteiger partial charge in [-0.15, -0.1) is 0 Å². The fourth-order valence-electron chi connectivity index (χ4n) is 0.591. The van der Waals surface area contributed by atoms with Crippen LogP contribution in [0, 0.1) is 6.08 Å². The SMILES string of the molecule is OC1=[C]CCC1O. The molecule has 1 radical (unpaired) electrons. The van der Waals surface area contributed by atoms with Crippen LogP contribution in [-0.2, 0) is 0 Å². The fourth-order valence-corrected chi connectivity index (χ4v) is 0.591. The second-order valence-electron chi connectivity index (χ2n) is 1.62. The number of allylic oxidation sites excluding steroid dienone is 1. The summed E-state index contributed by atoms with van der Waals surface area (Å²) in [5.41, 5.74) is 0. The normalized spacial score (nSPS) is 30.4. The number of rotatable bonds is 0. The minimum atomic E-state index is -0.625. The molecule has 0 aliphatic heterocycles. The van der Waals surface area contributed by atoms with E-state index in [9.17, 15) is 0 Å². The molecule has 0 spiro atoms. The fraction of sp³-hybridized carbons (Fsp3) is 0.600. The van der Waals surface area contributed by atoms with E-state index in [1.807, 2.05) is 0 Å². The Morgan fingerprint density at radius 1 is 1.71 bits per heavy atom. The van der Waals surface area contributed by atoms with Gasteiger partial charge >= 0.3 is 0 Å². The zero-order chi connectivity index (χ0) is 5.28. The summed E-state index contributed by atoms with van der Waals surface area (Å²) in [7, 11) is 0. The molecule has 1 aliphatic rings. The minimum absolute atomic E-state index is 0.0139. The molecule has 1 rings (SSSR count). The van der Waals surface area contributed by atoms with Gasteiger partial charge in [-0.1, -0.05) is 0 Å². The third kappa shape index (κ3) is 0.747. The lowest BCUT2D eigenvalue weighted by Gasteiger charge is -1.96. The summed E-state index contributed by atoms with van der Waals surface area (Å²) < 4.78 is 0. The maximum atomic E-state index is 8.65. The lowest BCUT2D eigenvalue weighted by atomic mass is 10.3. The zero-order valence-electron chi connectivity index (χ0n) is 3.89. The molecule has 0 bridgehead atoms. The van der Waals surface area contributed by atoms with Crippen molar-refractivity contribution in [2.75, 3.05) is 0 Å². The molecule has 0 saturated heterocycles. The molecular weight excluding hydrogens is 92.1 g/mol. The number of hydrogen-bond acceptors (Lipinski definition) is 2. The van der Waals surface area contributed by atoms with Crippen LogP contribution in [-0.4, -0.2) is 16.3 Å². The second kappa shape index (κ2) is 1.54. The highest BCUT2D eigenvalue weighted by Crippen LogP contribution is 2.13. The number of aliphatic hydroxyl groups is 2. The Labute approximate surface area is 42.1 Å². The van der Waals surface area contributed by atoms with Crippen molar-refractivity contribution in [1.82, 2.24) is 0 Å². The van der Waals surface area contributed by atoms with Crippen molar-refractivity contribution in [2.45, 2.75) is 18.9 Å². The van der Waals surface area contributed by atoms with Gasteiger partial charge < -0.3 is 10.2 Å². The van der Waals surface area contributed by atoms with Gasteiger partial charge in [0.15, 0.2) is 0 Å². The molecule has 2 N–H and O–H groups in total. The first kappa shape index (κ1) is 4.65. The second-order valence-corrected chi connectivity index (χ2v) is 1.62. The lowest BCUT2D eigenvalue weighted by molar-refractivity contribution is 0.158. The summed E-state index contributed by atoms with van der Waals surface area (Å²) in [6, 6.07) is 0. The van der Waals surface area contributed by atoms with E-state index in [0.717, 1.165) is 0 Å². The van der Waals surface area contributed by atoms with E-state index in [1.165, 1.54) is 0 Å². The molecule has 39 valence electrons. The van der Waals surface area contributed by atoms with Crippen LogP contribution in [0.3, 0.4) is 0 Å². The van der Waals surface area contributed by atoms with Crippen LogP contribution in [0.15, 0.2) is 5.76 Å². The summed E-state index contributed by atoms with van der Waals surface area (Å²) in [6.07, 6.45) is 3.28. The van der Waals surface area contributed by atoms with Crippen molar-refractivity contribution in [2.24, 2.45) is 0 Å². The first-order valence-corrected chi connectivity index (χ1v) is 2.28. The van der Waals surface area contributed by atoms with Gasteiger partial charge in [0.25, 0.3) is 0 Å². The van der Waals surface area contributed by atoms with E-state index in [-0.39, 0.29) is 5.76 Å². The van der Waals surface area contributed by atoms with E-state index in [2.05, 4.69) is 6.08 Å². The maximum absolute atomic E-state index is 8.65. The summed E-state index contributed by atoms with van der Waals surface area (Å²) >= 11 is 0. The maximum Gasteiger partial charge on any atom is 0.124 e. The molecule has 1 aliphatic carbocycles. The summed E-state index contributed by atoms with van der Waals surface area (Å²) in [5, 5.41) is 17.2. The van der Waals surface area contributed by atoms with E-state index in [4.69, 9.17) is 10.2 Å². The van der Waals surface area contributed by atoms with Gasteiger partial charge in [0.2, 0.25) is 0 Å². The minimum Gasteiger partial charge on any atom is -0.509 e. The van der Waals surface area contributed by atoms with Gasteiger partial charge in [0, 0.05) is 0 Å². The van der Waals surface area contributed by atoms with Crippen LogP contribution in [0.4, 0.5) is 0 Å². The van der Waals surface area contributed by atoms with Gasteiger partial charge in [-0.05, 0) is 18.9 Å². The largest absolute Gasteiger partial charge is 0.509 e. The standard InChI is InChI=1S/C5H7O2/c6-4-2-1-3-5(4)7/h4,6-7H,1-2H2. The Kier molecular flexibility index (Phi) is 1.02. The van der Waals surface area contributed by atoms with Crippen molar-refractivity contribution >= 4 is 0 Å². The van der Waals surface area contributed by atoms with Gasteiger partial charge in [0.05, 0.1) is 0 Å². The molecule has 0 aromatic rings. The average Bonchev–Trinajstić information content (AvgIpc) is 1.91. The highest BCUT2D eigenvalue weighted by Gasteiger charge is 2.13. The first-order chi connectivity index (χ1) is 3.30. The summed E-state index contributed by atoms with van der Waals surface area (Å²) in [5.74, 6) is 0.0139. The molecule has 0 fully saturated rings. The molecular formula is C5H7O2. The van der Waals surface area contributed by atoms with Crippen molar-refractivity contribution in [3.63, 3.8) is 0 Å². The van der Waals surface area contributed by atoms with E-state index >= 15 is 0 Å². The summed E-state index contributed by atoms with van der Waals surface area (Å²) in [4.78, 5) is 0. The Balaban J connectivity index is 2.54. The van der Waals surface area contributed by atoms with Crippen LogP contribution < -0.4 is 0 Å². The van der Waals surface area contributed by atoms with Crippen LogP contribution >= 0.6 is 0 Å². The van der Waals surface area contributed by atoms with Crippen molar-refractivity contribution in [3.05, 3.63) is 11.8 Å². The van der Waals surface area contributed by atoms with Crippen LogP contribution in [0.25, 0.3) is 0 Å². The third-order valence-corrected chi connectivity index (χ3v) is 1.04. The number of hydrogen-bond donors (Lipinski definition) is 2. The van der Waals surface area contributed by atoms with Crippen molar-refractivity contribution < 1.29 is 10.2 Å². The average molecular weight is 99.1 g/mol. The highest BCUT2D eigenvalue weighted by molar-refractivity contribution is 4.98. The molecule has 2 heteroatoms. The molecule has 0 heterocycles. The zero-order valence-corrected chi connectivity index (χ0v) is 3.89. The number of aliphatic hydroxyl groups excluding tert-OH is 2. The van der Waals surface area contributed by atoms with E-state index in [1.54, 1.807) is 0 Å². The van der Waals surface area contributed by atoms with E-state index < -0.39 is 6.10 Å². The monoisotopic (exact) mass is 99.0 g/mol.